The molecule has 0 aliphatic heterocycles. The summed E-state index contributed by atoms with van der Waals surface area (Å²) in [6.07, 6.45) is 32.3. The second-order valence-electron chi connectivity index (χ2n) is 13.0. The van der Waals surface area contributed by atoms with Crippen molar-refractivity contribution < 1.29 is 19.1 Å². The van der Waals surface area contributed by atoms with E-state index in [9.17, 15) is 9.59 Å². The summed E-state index contributed by atoms with van der Waals surface area (Å²) >= 11 is 0. The number of rotatable bonds is 32. The van der Waals surface area contributed by atoms with Crippen LogP contribution in [-0.2, 0) is 19.1 Å². The number of unbranched alkanes of at least 4 members (excludes halogenated alkanes) is 21. The van der Waals surface area contributed by atoms with Gasteiger partial charge in [0.1, 0.15) is 0 Å². The molecule has 0 saturated carbocycles. The Balaban J connectivity index is 3.49. The summed E-state index contributed by atoms with van der Waals surface area (Å²) < 4.78 is 10.9. The smallest absolute Gasteiger partial charge is 0.306 e. The van der Waals surface area contributed by atoms with Gasteiger partial charge in [-0.1, -0.05) is 163 Å². The van der Waals surface area contributed by atoms with E-state index in [0.29, 0.717) is 37.9 Å². The van der Waals surface area contributed by atoms with Crippen LogP contribution in [0.15, 0.2) is 0 Å². The van der Waals surface area contributed by atoms with E-state index < -0.39 is 0 Å². The fourth-order valence-corrected chi connectivity index (χ4v) is 5.60. The van der Waals surface area contributed by atoms with E-state index in [4.69, 9.17) is 9.47 Å². The van der Waals surface area contributed by atoms with Crippen molar-refractivity contribution in [2.45, 2.75) is 201 Å². The van der Waals surface area contributed by atoms with Crippen molar-refractivity contribution in [3.8, 4) is 0 Å². The molecule has 0 aromatic rings. The molecule has 0 N–H and O–H groups in total. The Morgan fingerprint density at radius 2 is 0.829 bits per heavy atom. The summed E-state index contributed by atoms with van der Waals surface area (Å²) in [6.45, 7) is 10.2. The molecule has 1 unspecified atom stereocenters. The highest BCUT2D eigenvalue weighted by molar-refractivity contribution is 5.69. The van der Waals surface area contributed by atoms with Gasteiger partial charge in [0, 0.05) is 12.8 Å². The first-order chi connectivity index (χ1) is 20.0. The van der Waals surface area contributed by atoms with E-state index in [1.807, 2.05) is 0 Å². The predicted octanol–water partition coefficient (Wildman–Crippen LogP) is 11.9. The third kappa shape index (κ3) is 30.2. The molecule has 244 valence electrons. The van der Waals surface area contributed by atoms with Crippen LogP contribution >= 0.6 is 0 Å². The maximum Gasteiger partial charge on any atom is 0.306 e. The molecular formula is C37H72O4. The van der Waals surface area contributed by atoms with Crippen LogP contribution in [0.1, 0.15) is 201 Å². The minimum Gasteiger partial charge on any atom is -0.466 e. The Bertz CT molecular complexity index is 559. The van der Waals surface area contributed by atoms with Crippen molar-refractivity contribution in [3.63, 3.8) is 0 Å². The largest absolute Gasteiger partial charge is 0.466 e. The Labute approximate surface area is 256 Å². The lowest BCUT2D eigenvalue weighted by molar-refractivity contribution is -0.145. The molecule has 0 amide bonds. The first-order valence-corrected chi connectivity index (χ1v) is 18.3. The second kappa shape index (κ2) is 31.9. The van der Waals surface area contributed by atoms with Crippen molar-refractivity contribution >= 4 is 11.9 Å². The molecule has 0 aromatic carbocycles. The zero-order valence-electron chi connectivity index (χ0n) is 28.3. The standard InChI is InChI=1S/C37H72O4/c1-5-7-9-11-23-27-31-40-36(38)30-26-22-20-18-16-14-13-15-17-19-21-25-29-35(34(3)4)33-37(39)41-32-28-24-12-10-8-6-2/h34-35H,5-33H2,1-4H3. The summed E-state index contributed by atoms with van der Waals surface area (Å²) in [4.78, 5) is 24.1. The summed E-state index contributed by atoms with van der Waals surface area (Å²) in [5, 5.41) is 0. The second-order valence-corrected chi connectivity index (χ2v) is 13.0. The van der Waals surface area contributed by atoms with E-state index in [1.165, 1.54) is 128 Å². The molecular weight excluding hydrogens is 508 g/mol. The molecule has 0 heterocycles. The van der Waals surface area contributed by atoms with Gasteiger partial charge in [0.05, 0.1) is 13.2 Å². The third-order valence-electron chi connectivity index (χ3n) is 8.60. The minimum atomic E-state index is -0.000377. The van der Waals surface area contributed by atoms with Crippen LogP contribution in [0.2, 0.25) is 0 Å². The maximum absolute atomic E-state index is 12.3. The van der Waals surface area contributed by atoms with Crippen LogP contribution in [0.25, 0.3) is 0 Å². The fourth-order valence-electron chi connectivity index (χ4n) is 5.60. The molecule has 0 spiro atoms. The van der Waals surface area contributed by atoms with E-state index in [1.54, 1.807) is 0 Å². The SMILES string of the molecule is CCCCCCCCOC(=O)CCCCCCCCCCCCCCC(CC(=O)OCCCCCCCC)C(C)C. The van der Waals surface area contributed by atoms with Crippen molar-refractivity contribution in [2.75, 3.05) is 13.2 Å². The van der Waals surface area contributed by atoms with Crippen LogP contribution in [0.3, 0.4) is 0 Å². The van der Waals surface area contributed by atoms with E-state index >= 15 is 0 Å². The quantitative estimate of drug-likeness (QED) is 0.0586. The maximum atomic E-state index is 12.3. The first-order valence-electron chi connectivity index (χ1n) is 18.3. The van der Waals surface area contributed by atoms with Gasteiger partial charge in [0.2, 0.25) is 0 Å². The Morgan fingerprint density at radius 1 is 0.463 bits per heavy atom. The van der Waals surface area contributed by atoms with Crippen LogP contribution in [0.5, 0.6) is 0 Å². The average Bonchev–Trinajstić information content (AvgIpc) is 2.95. The van der Waals surface area contributed by atoms with Crippen LogP contribution in [-0.4, -0.2) is 25.2 Å². The number of esters is 2. The van der Waals surface area contributed by atoms with Crippen LogP contribution < -0.4 is 0 Å². The van der Waals surface area contributed by atoms with Crippen LogP contribution in [0.4, 0.5) is 0 Å². The molecule has 41 heavy (non-hydrogen) atoms. The van der Waals surface area contributed by atoms with Crippen molar-refractivity contribution in [3.05, 3.63) is 0 Å². The molecule has 0 fully saturated rings. The molecule has 0 aliphatic rings. The van der Waals surface area contributed by atoms with Gasteiger partial charge in [-0.25, -0.2) is 0 Å². The molecule has 0 aromatic heterocycles. The lowest BCUT2D eigenvalue weighted by Gasteiger charge is -2.20. The summed E-state index contributed by atoms with van der Waals surface area (Å²) in [7, 11) is 0. The minimum absolute atomic E-state index is 0.000377. The summed E-state index contributed by atoms with van der Waals surface area (Å²) in [5.74, 6) is 1.02. The van der Waals surface area contributed by atoms with Crippen LogP contribution in [0, 0.1) is 11.8 Å². The van der Waals surface area contributed by atoms with E-state index in [0.717, 1.165) is 32.1 Å². The van der Waals surface area contributed by atoms with Gasteiger partial charge < -0.3 is 9.47 Å². The zero-order chi connectivity index (χ0) is 30.2. The molecule has 1 atom stereocenters. The van der Waals surface area contributed by atoms with Crippen molar-refractivity contribution in [1.82, 2.24) is 0 Å². The van der Waals surface area contributed by atoms with Gasteiger partial charge in [-0.05, 0) is 37.5 Å². The molecule has 4 nitrogen and oxygen atoms in total. The van der Waals surface area contributed by atoms with Crippen molar-refractivity contribution in [1.29, 1.82) is 0 Å². The Hall–Kier alpha value is -1.06. The number of carbonyl (C=O) groups is 2. The lowest BCUT2D eigenvalue weighted by Crippen LogP contribution is -2.17. The number of ether oxygens (including phenoxy) is 2. The highest BCUT2D eigenvalue weighted by Gasteiger charge is 2.18. The highest BCUT2D eigenvalue weighted by atomic mass is 16.5. The van der Waals surface area contributed by atoms with Gasteiger partial charge in [-0.15, -0.1) is 0 Å². The van der Waals surface area contributed by atoms with Gasteiger partial charge in [0.25, 0.3) is 0 Å². The Morgan fingerprint density at radius 3 is 1.27 bits per heavy atom. The fraction of sp³-hybridized carbons (Fsp3) is 0.946. The molecule has 0 bridgehead atoms. The highest BCUT2D eigenvalue weighted by Crippen LogP contribution is 2.24. The Kier molecular flexibility index (Phi) is 31.0. The van der Waals surface area contributed by atoms with Gasteiger partial charge in [-0.2, -0.15) is 0 Å². The number of hydrogen-bond donors (Lipinski definition) is 0. The summed E-state index contributed by atoms with van der Waals surface area (Å²) in [6, 6.07) is 0. The molecule has 0 radical (unpaired) electrons. The average molecular weight is 581 g/mol. The summed E-state index contributed by atoms with van der Waals surface area (Å²) in [5.41, 5.74) is 0. The van der Waals surface area contributed by atoms with Gasteiger partial charge in [0.15, 0.2) is 0 Å². The van der Waals surface area contributed by atoms with E-state index in [2.05, 4.69) is 27.7 Å². The van der Waals surface area contributed by atoms with Gasteiger partial charge >= 0.3 is 11.9 Å². The topological polar surface area (TPSA) is 52.6 Å². The third-order valence-corrected chi connectivity index (χ3v) is 8.60. The first kappa shape index (κ1) is 39.9. The molecule has 4 heteroatoms. The monoisotopic (exact) mass is 581 g/mol. The zero-order valence-corrected chi connectivity index (χ0v) is 28.3. The predicted molar refractivity (Wildman–Crippen MR) is 176 cm³/mol. The van der Waals surface area contributed by atoms with Crippen molar-refractivity contribution in [2.24, 2.45) is 11.8 Å². The van der Waals surface area contributed by atoms with Gasteiger partial charge in [-0.3, -0.25) is 9.59 Å². The number of hydrogen-bond acceptors (Lipinski definition) is 4. The van der Waals surface area contributed by atoms with E-state index in [-0.39, 0.29) is 11.9 Å². The molecule has 0 saturated heterocycles. The normalized spacial score (nSPS) is 12.1. The molecule has 0 rings (SSSR count). The molecule has 0 aliphatic carbocycles. The lowest BCUT2D eigenvalue weighted by atomic mass is 9.87. The number of carbonyl (C=O) groups excluding carboxylic acids is 2.